The van der Waals surface area contributed by atoms with Gasteiger partial charge in [-0.05, 0) is 38.3 Å². The molecule has 0 amide bonds. The van der Waals surface area contributed by atoms with Crippen molar-refractivity contribution in [2.75, 3.05) is 0 Å². The summed E-state index contributed by atoms with van der Waals surface area (Å²) in [6.07, 6.45) is 2.18. The van der Waals surface area contributed by atoms with Crippen molar-refractivity contribution in [3.8, 4) is 22.7 Å². The molecule has 0 unspecified atom stereocenters. The van der Waals surface area contributed by atoms with Crippen molar-refractivity contribution in [3.05, 3.63) is 51.5 Å². The summed E-state index contributed by atoms with van der Waals surface area (Å²) in [6, 6.07) is 6.73. The van der Waals surface area contributed by atoms with E-state index in [1.165, 1.54) is 6.07 Å². The number of nitro benzene ring substituents is 1. The number of aromatic amines is 1. The molecule has 7 nitrogen and oxygen atoms in total. The molecule has 122 valence electrons. The summed E-state index contributed by atoms with van der Waals surface area (Å²) in [7, 11) is 0. The van der Waals surface area contributed by atoms with E-state index >= 15 is 0 Å². The molecule has 0 spiro atoms. The summed E-state index contributed by atoms with van der Waals surface area (Å²) in [5, 5.41) is 19.6. The van der Waals surface area contributed by atoms with Gasteiger partial charge in [-0.2, -0.15) is 0 Å². The molecule has 0 atom stereocenters. The topological polar surface area (TPSA) is 97.8 Å². The molecular formula is C17H16N4O3. The van der Waals surface area contributed by atoms with Crippen molar-refractivity contribution in [1.29, 1.82) is 0 Å². The Kier molecular flexibility index (Phi) is 3.23. The third-order valence-corrected chi connectivity index (χ3v) is 4.39. The fraction of sp³-hybridized carbons (Fsp3) is 0.294. The van der Waals surface area contributed by atoms with Gasteiger partial charge in [-0.15, -0.1) is 10.2 Å². The molecular weight excluding hydrogens is 308 g/mol. The largest absolute Gasteiger partial charge is 0.419 e. The summed E-state index contributed by atoms with van der Waals surface area (Å²) in [4.78, 5) is 14.2. The van der Waals surface area contributed by atoms with Crippen LogP contribution in [0.1, 0.15) is 35.9 Å². The van der Waals surface area contributed by atoms with Crippen LogP contribution in [0.3, 0.4) is 0 Å². The van der Waals surface area contributed by atoms with Crippen LogP contribution in [0.25, 0.3) is 22.7 Å². The average Bonchev–Trinajstić information content (AvgIpc) is 3.22. The number of aromatic nitrogens is 3. The Labute approximate surface area is 137 Å². The molecule has 24 heavy (non-hydrogen) atoms. The first-order valence-corrected chi connectivity index (χ1v) is 7.83. The van der Waals surface area contributed by atoms with Crippen LogP contribution in [0.5, 0.6) is 0 Å². The summed E-state index contributed by atoms with van der Waals surface area (Å²) >= 11 is 0. The van der Waals surface area contributed by atoms with E-state index in [-0.39, 0.29) is 10.6 Å². The SMILES string of the molecule is Cc1[nH]c(-c2nnc(C3CC3)o2)c(C)c1-c1ccccc1[N+](=O)[O-]. The van der Waals surface area contributed by atoms with E-state index in [0.29, 0.717) is 23.3 Å². The van der Waals surface area contributed by atoms with Gasteiger partial charge in [0.2, 0.25) is 5.89 Å². The van der Waals surface area contributed by atoms with Gasteiger partial charge in [-0.1, -0.05) is 12.1 Å². The number of hydrogen-bond donors (Lipinski definition) is 1. The first-order valence-electron chi connectivity index (χ1n) is 7.83. The fourth-order valence-electron chi connectivity index (χ4n) is 3.04. The predicted molar refractivity (Wildman–Crippen MR) is 87.6 cm³/mol. The molecule has 2 heterocycles. The lowest BCUT2D eigenvalue weighted by molar-refractivity contribution is -0.384. The maximum absolute atomic E-state index is 11.3. The van der Waals surface area contributed by atoms with E-state index in [2.05, 4.69) is 15.2 Å². The van der Waals surface area contributed by atoms with Gasteiger partial charge in [0, 0.05) is 23.2 Å². The number of aryl methyl sites for hydroxylation is 1. The highest BCUT2D eigenvalue weighted by molar-refractivity contribution is 5.82. The third-order valence-electron chi connectivity index (χ3n) is 4.39. The van der Waals surface area contributed by atoms with E-state index in [1.54, 1.807) is 18.2 Å². The molecule has 7 heteroatoms. The number of nitro groups is 1. The monoisotopic (exact) mass is 324 g/mol. The number of rotatable bonds is 4. The molecule has 0 radical (unpaired) electrons. The van der Waals surface area contributed by atoms with Crippen LogP contribution < -0.4 is 0 Å². The second kappa shape index (κ2) is 5.30. The Morgan fingerprint density at radius 2 is 2.00 bits per heavy atom. The average molecular weight is 324 g/mol. The fourth-order valence-corrected chi connectivity index (χ4v) is 3.04. The van der Waals surface area contributed by atoms with E-state index in [9.17, 15) is 10.1 Å². The first kappa shape index (κ1) is 14.6. The quantitative estimate of drug-likeness (QED) is 0.574. The molecule has 1 aromatic carbocycles. The molecule has 1 aliphatic rings. The van der Waals surface area contributed by atoms with Crippen LogP contribution in [0.15, 0.2) is 28.7 Å². The highest BCUT2D eigenvalue weighted by Crippen LogP contribution is 2.42. The lowest BCUT2D eigenvalue weighted by Gasteiger charge is -2.04. The Bertz CT molecular complexity index is 937. The van der Waals surface area contributed by atoms with Gasteiger partial charge in [0.25, 0.3) is 11.6 Å². The Morgan fingerprint density at radius 1 is 1.25 bits per heavy atom. The number of nitrogens with zero attached hydrogens (tertiary/aromatic N) is 3. The van der Waals surface area contributed by atoms with Crippen molar-refractivity contribution in [2.45, 2.75) is 32.6 Å². The van der Waals surface area contributed by atoms with E-state index < -0.39 is 0 Å². The summed E-state index contributed by atoms with van der Waals surface area (Å²) in [5.74, 6) is 1.49. The molecule has 1 aliphatic carbocycles. The standard InChI is InChI=1S/C17H16N4O3/c1-9-14(12-5-3-4-6-13(12)21(22)23)10(2)18-15(9)17-20-19-16(24-17)11-7-8-11/h3-6,11,18H,7-8H2,1-2H3. The minimum absolute atomic E-state index is 0.0819. The Morgan fingerprint density at radius 3 is 2.71 bits per heavy atom. The molecule has 3 aromatic rings. The van der Waals surface area contributed by atoms with Crippen molar-refractivity contribution in [2.24, 2.45) is 0 Å². The number of hydrogen-bond acceptors (Lipinski definition) is 5. The van der Waals surface area contributed by atoms with Gasteiger partial charge in [-0.3, -0.25) is 10.1 Å². The van der Waals surface area contributed by atoms with Crippen molar-refractivity contribution >= 4 is 5.69 Å². The van der Waals surface area contributed by atoms with Gasteiger partial charge in [0.05, 0.1) is 10.5 Å². The van der Waals surface area contributed by atoms with Crippen LogP contribution in [0, 0.1) is 24.0 Å². The molecule has 0 bridgehead atoms. The van der Waals surface area contributed by atoms with Crippen molar-refractivity contribution in [1.82, 2.24) is 15.2 Å². The lowest BCUT2D eigenvalue weighted by Crippen LogP contribution is -1.92. The second-order valence-electron chi connectivity index (χ2n) is 6.12. The highest BCUT2D eigenvalue weighted by atomic mass is 16.6. The molecule has 1 N–H and O–H groups in total. The van der Waals surface area contributed by atoms with E-state index in [1.807, 2.05) is 13.8 Å². The van der Waals surface area contributed by atoms with E-state index in [4.69, 9.17) is 4.42 Å². The number of nitrogens with one attached hydrogen (secondary N) is 1. The van der Waals surface area contributed by atoms with Gasteiger partial charge in [-0.25, -0.2) is 0 Å². The maximum atomic E-state index is 11.3. The third kappa shape index (κ3) is 2.29. The van der Waals surface area contributed by atoms with Crippen molar-refractivity contribution in [3.63, 3.8) is 0 Å². The van der Waals surface area contributed by atoms with E-state index in [0.717, 1.165) is 35.4 Å². The number of benzene rings is 1. The van der Waals surface area contributed by atoms with Crippen LogP contribution in [0.4, 0.5) is 5.69 Å². The highest BCUT2D eigenvalue weighted by Gasteiger charge is 2.30. The zero-order chi connectivity index (χ0) is 16.8. The van der Waals surface area contributed by atoms with Crippen molar-refractivity contribution < 1.29 is 9.34 Å². The Balaban J connectivity index is 1.83. The Hall–Kier alpha value is -2.96. The zero-order valence-corrected chi connectivity index (χ0v) is 13.4. The molecule has 4 rings (SSSR count). The number of H-pyrrole nitrogens is 1. The summed E-state index contributed by atoms with van der Waals surface area (Å²) < 4.78 is 5.77. The molecule has 0 saturated heterocycles. The lowest BCUT2D eigenvalue weighted by atomic mass is 9.99. The minimum atomic E-state index is -0.362. The van der Waals surface area contributed by atoms with Crippen LogP contribution in [-0.4, -0.2) is 20.1 Å². The molecule has 2 aromatic heterocycles. The normalized spacial score (nSPS) is 14.1. The van der Waals surface area contributed by atoms with Gasteiger partial charge in [0.15, 0.2) is 0 Å². The minimum Gasteiger partial charge on any atom is -0.419 e. The summed E-state index contributed by atoms with van der Waals surface area (Å²) in [5.41, 5.74) is 3.90. The van der Waals surface area contributed by atoms with Crippen LogP contribution in [0.2, 0.25) is 0 Å². The van der Waals surface area contributed by atoms with Gasteiger partial charge >= 0.3 is 0 Å². The van der Waals surface area contributed by atoms with Gasteiger partial charge < -0.3 is 9.40 Å². The predicted octanol–water partition coefficient (Wildman–Crippen LogP) is 4.13. The smallest absolute Gasteiger partial charge is 0.277 e. The van der Waals surface area contributed by atoms with Crippen LogP contribution in [-0.2, 0) is 0 Å². The summed E-state index contributed by atoms with van der Waals surface area (Å²) in [6.45, 7) is 3.80. The molecule has 1 fully saturated rings. The first-order chi connectivity index (χ1) is 11.6. The number of para-hydroxylation sites is 1. The molecule has 1 saturated carbocycles. The second-order valence-corrected chi connectivity index (χ2v) is 6.12. The van der Waals surface area contributed by atoms with Gasteiger partial charge in [0.1, 0.15) is 5.69 Å². The van der Waals surface area contributed by atoms with Crippen LogP contribution >= 0.6 is 0 Å². The zero-order valence-electron chi connectivity index (χ0n) is 13.4. The molecule has 0 aliphatic heterocycles. The maximum Gasteiger partial charge on any atom is 0.277 e.